The van der Waals surface area contributed by atoms with Crippen LogP contribution in [0.1, 0.15) is 44.1 Å². The Morgan fingerprint density at radius 2 is 1.72 bits per heavy atom. The van der Waals surface area contributed by atoms with Gasteiger partial charge in [0.15, 0.2) is 0 Å². The minimum Gasteiger partial charge on any atom is -0.337 e. The van der Waals surface area contributed by atoms with E-state index in [1.54, 1.807) is 0 Å². The average molecular weight is 346 g/mol. The van der Waals surface area contributed by atoms with E-state index in [1.807, 2.05) is 0 Å². The van der Waals surface area contributed by atoms with Gasteiger partial charge in [0.05, 0.1) is 6.04 Å². The minimum absolute atomic E-state index is 0.00426. The van der Waals surface area contributed by atoms with Crippen molar-refractivity contribution in [2.45, 2.75) is 50.6 Å². The summed E-state index contributed by atoms with van der Waals surface area (Å²) in [6.07, 6.45) is 4.19. The number of hydrogen-bond acceptors (Lipinski definition) is 2. The molecule has 1 saturated carbocycles. The van der Waals surface area contributed by atoms with Crippen molar-refractivity contribution in [1.82, 2.24) is 9.80 Å². The highest BCUT2D eigenvalue weighted by atomic mass is 19.1. The predicted molar refractivity (Wildman–Crippen MR) is 90.0 cm³/mol. The third kappa shape index (κ3) is 2.35. The summed E-state index contributed by atoms with van der Waals surface area (Å²) < 4.78 is 27.6. The lowest BCUT2D eigenvalue weighted by Gasteiger charge is -2.51. The molecule has 6 rings (SSSR count). The molecule has 0 N–H and O–H groups in total. The number of likely N-dealkylation sites (tertiary alicyclic amines) is 1. The Morgan fingerprint density at radius 1 is 1.08 bits per heavy atom. The molecule has 1 amide bonds. The van der Waals surface area contributed by atoms with Gasteiger partial charge in [0.25, 0.3) is 0 Å². The van der Waals surface area contributed by atoms with Crippen molar-refractivity contribution in [3.05, 3.63) is 35.4 Å². The molecule has 5 fully saturated rings. The molecular formula is C20H24F2N2O. The molecule has 5 heteroatoms. The van der Waals surface area contributed by atoms with Gasteiger partial charge < -0.3 is 4.90 Å². The number of benzene rings is 1. The first kappa shape index (κ1) is 15.7. The number of fused-ring (bicyclic) bond motifs is 2. The molecule has 134 valence electrons. The number of carbonyl (C=O) groups excluding carboxylic acids is 1. The summed E-state index contributed by atoms with van der Waals surface area (Å²) >= 11 is 0. The topological polar surface area (TPSA) is 23.6 Å². The summed E-state index contributed by atoms with van der Waals surface area (Å²) in [6, 6.07) is 4.27. The zero-order chi connectivity index (χ0) is 17.3. The summed E-state index contributed by atoms with van der Waals surface area (Å²) in [6.45, 7) is 4.74. The van der Waals surface area contributed by atoms with E-state index < -0.39 is 11.6 Å². The van der Waals surface area contributed by atoms with Gasteiger partial charge in [-0.15, -0.1) is 0 Å². The van der Waals surface area contributed by atoms with Crippen molar-refractivity contribution in [3.8, 4) is 0 Å². The molecule has 0 radical (unpaired) electrons. The molecule has 1 aromatic rings. The lowest BCUT2D eigenvalue weighted by molar-refractivity contribution is -0.141. The summed E-state index contributed by atoms with van der Waals surface area (Å²) in [5, 5.41) is 0. The SMILES string of the molecule is CC1(C(=O)N2C[C@@H](c3cc(F)cc(F)c3)[C@@H]3[C@H]2C2CCN3CC2)CC1. The van der Waals surface area contributed by atoms with Gasteiger partial charge in [-0.05, 0) is 62.4 Å². The zero-order valence-electron chi connectivity index (χ0n) is 14.5. The van der Waals surface area contributed by atoms with E-state index in [2.05, 4.69) is 16.7 Å². The monoisotopic (exact) mass is 346 g/mol. The van der Waals surface area contributed by atoms with E-state index in [0.717, 1.165) is 44.8 Å². The van der Waals surface area contributed by atoms with Crippen molar-refractivity contribution in [3.63, 3.8) is 0 Å². The summed E-state index contributed by atoms with van der Waals surface area (Å²) in [5.74, 6) is -0.257. The smallest absolute Gasteiger partial charge is 0.228 e. The zero-order valence-corrected chi connectivity index (χ0v) is 14.5. The van der Waals surface area contributed by atoms with Crippen molar-refractivity contribution in [2.75, 3.05) is 19.6 Å². The van der Waals surface area contributed by atoms with Gasteiger partial charge >= 0.3 is 0 Å². The molecule has 25 heavy (non-hydrogen) atoms. The molecule has 1 aromatic carbocycles. The second-order valence-electron chi connectivity index (χ2n) is 8.68. The van der Waals surface area contributed by atoms with Crippen molar-refractivity contribution in [2.24, 2.45) is 11.3 Å². The first-order valence-electron chi connectivity index (χ1n) is 9.47. The fourth-order valence-electron chi connectivity index (χ4n) is 5.49. The fraction of sp³-hybridized carbons (Fsp3) is 0.650. The first-order chi connectivity index (χ1) is 12.0. The third-order valence-corrected chi connectivity index (χ3v) is 7.08. The summed E-state index contributed by atoms with van der Waals surface area (Å²) in [7, 11) is 0. The molecule has 4 heterocycles. The van der Waals surface area contributed by atoms with Crippen molar-refractivity contribution in [1.29, 1.82) is 0 Å². The average Bonchev–Trinajstić information content (AvgIpc) is 3.21. The molecular weight excluding hydrogens is 322 g/mol. The Labute approximate surface area is 147 Å². The van der Waals surface area contributed by atoms with Crippen molar-refractivity contribution < 1.29 is 13.6 Å². The molecule has 4 aliphatic heterocycles. The van der Waals surface area contributed by atoms with E-state index in [9.17, 15) is 13.6 Å². The highest BCUT2D eigenvalue weighted by molar-refractivity contribution is 5.85. The van der Waals surface area contributed by atoms with Gasteiger partial charge in [-0.2, -0.15) is 0 Å². The normalized spacial score (nSPS) is 37.9. The third-order valence-electron chi connectivity index (χ3n) is 7.08. The maximum absolute atomic E-state index is 13.8. The van der Waals surface area contributed by atoms with Crippen LogP contribution >= 0.6 is 0 Å². The van der Waals surface area contributed by atoms with Gasteiger partial charge in [-0.25, -0.2) is 8.78 Å². The number of carbonyl (C=O) groups is 1. The van der Waals surface area contributed by atoms with Gasteiger partial charge in [-0.1, -0.05) is 6.92 Å². The van der Waals surface area contributed by atoms with E-state index in [1.165, 1.54) is 12.1 Å². The Kier molecular flexibility index (Phi) is 3.31. The van der Waals surface area contributed by atoms with Crippen LogP contribution in [-0.4, -0.2) is 47.4 Å². The number of rotatable bonds is 2. The lowest BCUT2D eigenvalue weighted by Crippen LogP contribution is -2.61. The first-order valence-corrected chi connectivity index (χ1v) is 9.47. The Bertz CT molecular complexity index is 704. The van der Waals surface area contributed by atoms with Gasteiger partial charge in [0.1, 0.15) is 11.6 Å². The van der Waals surface area contributed by atoms with E-state index in [0.29, 0.717) is 18.0 Å². The molecule has 0 unspecified atom stereocenters. The van der Waals surface area contributed by atoms with Crippen LogP contribution in [-0.2, 0) is 4.79 Å². The number of amides is 1. The number of piperidine rings is 3. The van der Waals surface area contributed by atoms with Gasteiger partial charge in [-0.3, -0.25) is 9.69 Å². The van der Waals surface area contributed by atoms with E-state index in [4.69, 9.17) is 0 Å². The van der Waals surface area contributed by atoms with Crippen LogP contribution in [0.25, 0.3) is 0 Å². The largest absolute Gasteiger partial charge is 0.337 e. The number of halogens is 2. The Balaban J connectivity index is 1.54. The van der Waals surface area contributed by atoms with E-state index >= 15 is 0 Å². The highest BCUT2D eigenvalue weighted by Gasteiger charge is 2.58. The van der Waals surface area contributed by atoms with Crippen molar-refractivity contribution >= 4 is 5.91 Å². The molecule has 5 aliphatic rings. The van der Waals surface area contributed by atoms with Crippen LogP contribution in [0, 0.1) is 23.0 Å². The fourth-order valence-corrected chi connectivity index (χ4v) is 5.49. The summed E-state index contributed by atoms with van der Waals surface area (Å²) in [5.41, 5.74) is 0.509. The summed E-state index contributed by atoms with van der Waals surface area (Å²) in [4.78, 5) is 17.7. The van der Waals surface area contributed by atoms with Crippen LogP contribution in [0.15, 0.2) is 18.2 Å². The molecule has 0 aromatic heterocycles. The minimum atomic E-state index is -0.526. The molecule has 3 nitrogen and oxygen atoms in total. The van der Waals surface area contributed by atoms with Crippen LogP contribution in [0.2, 0.25) is 0 Å². The maximum Gasteiger partial charge on any atom is 0.228 e. The van der Waals surface area contributed by atoms with Gasteiger partial charge in [0, 0.05) is 30.0 Å². The molecule has 4 saturated heterocycles. The maximum atomic E-state index is 13.8. The van der Waals surface area contributed by atoms with Gasteiger partial charge in [0.2, 0.25) is 5.91 Å². The van der Waals surface area contributed by atoms with Crippen LogP contribution in [0.4, 0.5) is 8.78 Å². The second kappa shape index (κ2) is 5.26. The quantitative estimate of drug-likeness (QED) is 0.821. The molecule has 0 spiro atoms. The standard InChI is InChI=1S/C20H24F2N2O/c1-20(4-5-20)19(25)24-11-16(13-8-14(21)10-15(22)9-13)18-17(24)12-2-6-23(18)7-3-12/h8-10,12,16-18H,2-7,11H2,1H3/t16-,17+,18+/m0/s1. The highest BCUT2D eigenvalue weighted by Crippen LogP contribution is 2.52. The van der Waals surface area contributed by atoms with Crippen LogP contribution < -0.4 is 0 Å². The number of hydrogen-bond donors (Lipinski definition) is 0. The van der Waals surface area contributed by atoms with Crippen LogP contribution in [0.3, 0.4) is 0 Å². The Morgan fingerprint density at radius 3 is 2.32 bits per heavy atom. The van der Waals surface area contributed by atoms with Crippen LogP contribution in [0.5, 0.6) is 0 Å². The second-order valence-corrected chi connectivity index (χ2v) is 8.68. The lowest BCUT2D eigenvalue weighted by atomic mass is 9.75. The molecule has 1 aliphatic carbocycles. The predicted octanol–water partition coefficient (Wildman–Crippen LogP) is 3.15. The van der Waals surface area contributed by atoms with E-state index in [-0.39, 0.29) is 29.3 Å². The molecule has 2 bridgehead atoms. The molecule has 3 atom stereocenters. The number of nitrogens with zero attached hydrogens (tertiary/aromatic N) is 2. The Hall–Kier alpha value is -1.49.